The molecule has 7 nitrogen and oxygen atoms in total. The number of halogens is 5. The van der Waals surface area contributed by atoms with Gasteiger partial charge in [0.05, 0.1) is 18.5 Å². The van der Waals surface area contributed by atoms with Gasteiger partial charge in [-0.3, -0.25) is 14.5 Å². The zero-order valence-electron chi connectivity index (χ0n) is 24.1. The van der Waals surface area contributed by atoms with Gasteiger partial charge in [-0.1, -0.05) is 49.0 Å². The second-order valence-electron chi connectivity index (χ2n) is 10.0. The van der Waals surface area contributed by atoms with E-state index in [1.54, 1.807) is 12.1 Å². The molecule has 0 saturated heterocycles. The first kappa shape index (κ1) is 33.4. The van der Waals surface area contributed by atoms with E-state index in [2.05, 4.69) is 11.9 Å². The number of benzene rings is 4. The predicted molar refractivity (Wildman–Crippen MR) is 161 cm³/mol. The minimum Gasteiger partial charge on any atom is -0.481 e. The van der Waals surface area contributed by atoms with Crippen LogP contribution in [0.2, 0.25) is 0 Å². The molecule has 0 aliphatic carbocycles. The van der Waals surface area contributed by atoms with Gasteiger partial charge in [0.2, 0.25) is 0 Å². The highest BCUT2D eigenvalue weighted by Crippen LogP contribution is 2.37. The molecule has 2 amide bonds. The largest absolute Gasteiger partial charge is 0.481 e. The summed E-state index contributed by atoms with van der Waals surface area (Å²) in [7, 11) is 0. The average molecular weight is 639 g/mol. The molecule has 0 heterocycles. The highest BCUT2D eigenvalue weighted by atomic mass is 19.4. The smallest absolute Gasteiger partial charge is 0.420 e. The van der Waals surface area contributed by atoms with Gasteiger partial charge < -0.3 is 15.2 Å². The molecule has 0 unspecified atom stereocenters. The van der Waals surface area contributed by atoms with Crippen molar-refractivity contribution in [1.29, 1.82) is 0 Å². The number of hydrogen-bond donors (Lipinski definition) is 2. The fraction of sp³-hybridized carbons (Fsp3) is 0.147. The van der Waals surface area contributed by atoms with E-state index in [0.717, 1.165) is 22.1 Å². The number of allylic oxidation sites excluding steroid dienone is 1. The van der Waals surface area contributed by atoms with Gasteiger partial charge in [0, 0.05) is 23.4 Å². The van der Waals surface area contributed by atoms with E-state index in [0.29, 0.717) is 12.1 Å². The van der Waals surface area contributed by atoms with Crippen molar-refractivity contribution in [3.05, 3.63) is 132 Å². The van der Waals surface area contributed by atoms with E-state index >= 15 is 0 Å². The Morgan fingerprint density at radius 3 is 2.02 bits per heavy atom. The van der Waals surface area contributed by atoms with Crippen molar-refractivity contribution in [2.24, 2.45) is 0 Å². The number of ether oxygens (including phenoxy) is 1. The number of carbonyl (C=O) groups is 3. The second-order valence-corrected chi connectivity index (χ2v) is 10.0. The van der Waals surface area contributed by atoms with E-state index in [1.165, 1.54) is 36.4 Å². The minimum absolute atomic E-state index is 0.0717. The summed E-state index contributed by atoms with van der Waals surface area (Å²) in [5.41, 5.74) is -0.684. The standard InChI is InChI=1S/C34H27F5N2O5/c1-2-33(35,36)26-18-22(19-27(20-26)34(37,38)39)21-41(28-12-8-25(9-13-28)31(44)40-17-16-30(42)43)32(45)46-29-14-10-24(11-15-29)23-6-4-3-5-7-23/h2-15,18-20H,1,16-17,21H2,(H,40,44)(H,42,43). The van der Waals surface area contributed by atoms with E-state index in [1.807, 2.05) is 30.3 Å². The molecule has 238 valence electrons. The quantitative estimate of drug-likeness (QED) is 0.128. The fourth-order valence-electron chi connectivity index (χ4n) is 4.38. The molecule has 0 spiro atoms. The van der Waals surface area contributed by atoms with E-state index < -0.39 is 47.7 Å². The molecule has 0 aliphatic heterocycles. The maximum atomic E-state index is 14.5. The lowest BCUT2D eigenvalue weighted by Gasteiger charge is -2.24. The van der Waals surface area contributed by atoms with Gasteiger partial charge in [-0.2, -0.15) is 22.0 Å². The van der Waals surface area contributed by atoms with E-state index in [4.69, 9.17) is 9.84 Å². The number of aliphatic carboxylic acids is 1. The van der Waals surface area contributed by atoms with Gasteiger partial charge in [0.1, 0.15) is 5.75 Å². The summed E-state index contributed by atoms with van der Waals surface area (Å²) in [5.74, 6) is -5.40. The third-order valence-corrected chi connectivity index (χ3v) is 6.75. The van der Waals surface area contributed by atoms with Crippen LogP contribution in [0, 0.1) is 0 Å². The number of hydrogen-bond acceptors (Lipinski definition) is 4. The van der Waals surface area contributed by atoms with Crippen molar-refractivity contribution in [2.45, 2.75) is 25.1 Å². The zero-order valence-corrected chi connectivity index (χ0v) is 24.1. The van der Waals surface area contributed by atoms with Gasteiger partial charge in [-0.25, -0.2) is 4.79 Å². The van der Waals surface area contributed by atoms with Gasteiger partial charge in [0.25, 0.3) is 11.8 Å². The van der Waals surface area contributed by atoms with Crippen LogP contribution in [0.15, 0.2) is 110 Å². The van der Waals surface area contributed by atoms with Crippen LogP contribution in [-0.4, -0.2) is 29.6 Å². The Bertz CT molecular complexity index is 1710. The van der Waals surface area contributed by atoms with Crippen LogP contribution >= 0.6 is 0 Å². The van der Waals surface area contributed by atoms with Crippen molar-refractivity contribution in [1.82, 2.24) is 5.32 Å². The topological polar surface area (TPSA) is 95.9 Å². The first-order valence-corrected chi connectivity index (χ1v) is 13.7. The van der Waals surface area contributed by atoms with Crippen LogP contribution in [0.3, 0.4) is 0 Å². The summed E-state index contributed by atoms with van der Waals surface area (Å²) in [5, 5.41) is 11.2. The predicted octanol–water partition coefficient (Wildman–Crippen LogP) is 8.06. The molecule has 12 heteroatoms. The third-order valence-electron chi connectivity index (χ3n) is 6.75. The lowest BCUT2D eigenvalue weighted by molar-refractivity contribution is -0.138. The SMILES string of the molecule is C=CC(F)(F)c1cc(CN(C(=O)Oc2ccc(-c3ccccc3)cc2)c2ccc(C(=O)NCCC(=O)O)cc2)cc(C(F)(F)F)c1. The number of carboxylic acid groups (broad SMARTS) is 1. The maximum Gasteiger partial charge on any atom is 0.420 e. The summed E-state index contributed by atoms with van der Waals surface area (Å²) in [6.45, 7) is 2.26. The van der Waals surface area contributed by atoms with Crippen molar-refractivity contribution in [3.63, 3.8) is 0 Å². The summed E-state index contributed by atoms with van der Waals surface area (Å²) in [6.07, 6.45) is -6.10. The number of amides is 2. The zero-order chi connectivity index (χ0) is 33.5. The Balaban J connectivity index is 1.67. The molecule has 0 fully saturated rings. The van der Waals surface area contributed by atoms with Crippen molar-refractivity contribution < 1.29 is 46.2 Å². The van der Waals surface area contributed by atoms with Gasteiger partial charge in [-0.15, -0.1) is 0 Å². The summed E-state index contributed by atoms with van der Waals surface area (Å²) < 4.78 is 75.6. The van der Waals surface area contributed by atoms with Gasteiger partial charge in [0.15, 0.2) is 0 Å². The van der Waals surface area contributed by atoms with Crippen molar-refractivity contribution in [2.75, 3.05) is 11.4 Å². The summed E-state index contributed by atoms with van der Waals surface area (Å²) in [6, 6.07) is 22.9. The van der Waals surface area contributed by atoms with Crippen molar-refractivity contribution >= 4 is 23.7 Å². The highest BCUT2D eigenvalue weighted by molar-refractivity contribution is 5.95. The normalized spacial score (nSPS) is 11.4. The molecule has 0 atom stereocenters. The molecule has 0 saturated carbocycles. The summed E-state index contributed by atoms with van der Waals surface area (Å²) in [4.78, 5) is 37.6. The van der Waals surface area contributed by atoms with Crippen LogP contribution in [0.4, 0.5) is 32.4 Å². The number of nitrogens with zero attached hydrogens (tertiary/aromatic N) is 1. The molecule has 0 aliphatic rings. The molecule has 4 aromatic carbocycles. The van der Waals surface area contributed by atoms with Crippen molar-refractivity contribution in [3.8, 4) is 16.9 Å². The molecule has 0 radical (unpaired) electrons. The van der Waals surface area contributed by atoms with Crippen LogP contribution < -0.4 is 15.0 Å². The van der Waals surface area contributed by atoms with Gasteiger partial charge >= 0.3 is 18.2 Å². The Labute approximate surface area is 260 Å². The van der Waals surface area contributed by atoms with Gasteiger partial charge in [-0.05, 0) is 77.4 Å². The molecule has 46 heavy (non-hydrogen) atoms. The molecule has 2 N–H and O–H groups in total. The molecule has 4 rings (SSSR count). The molecular formula is C34H27F5N2O5. The number of alkyl halides is 5. The Morgan fingerprint density at radius 1 is 0.826 bits per heavy atom. The molecule has 0 aromatic heterocycles. The van der Waals surface area contributed by atoms with Crippen LogP contribution in [0.25, 0.3) is 11.1 Å². The number of rotatable bonds is 11. The number of nitrogens with one attached hydrogen (secondary N) is 1. The Hall–Kier alpha value is -5.52. The number of carbonyl (C=O) groups excluding carboxylic acids is 2. The highest BCUT2D eigenvalue weighted by Gasteiger charge is 2.36. The molecule has 4 aromatic rings. The van der Waals surface area contributed by atoms with E-state index in [-0.39, 0.29) is 41.6 Å². The second kappa shape index (κ2) is 14.1. The monoisotopic (exact) mass is 638 g/mol. The van der Waals surface area contributed by atoms with E-state index in [9.17, 15) is 36.3 Å². The minimum atomic E-state index is -4.97. The average Bonchev–Trinajstić information content (AvgIpc) is 3.03. The maximum absolute atomic E-state index is 14.5. The third kappa shape index (κ3) is 8.56. The lowest BCUT2D eigenvalue weighted by Crippen LogP contribution is -2.33. The Morgan fingerprint density at radius 2 is 1.43 bits per heavy atom. The first-order chi connectivity index (χ1) is 21.8. The molecular weight excluding hydrogens is 611 g/mol. The van der Waals surface area contributed by atoms with Crippen LogP contribution in [0.1, 0.15) is 33.5 Å². The number of carboxylic acids is 1. The first-order valence-electron chi connectivity index (χ1n) is 13.7. The fourth-order valence-corrected chi connectivity index (χ4v) is 4.38. The lowest BCUT2D eigenvalue weighted by atomic mass is 10.00. The Kier molecular flexibility index (Phi) is 10.2. The number of anilines is 1. The van der Waals surface area contributed by atoms with Crippen LogP contribution in [0.5, 0.6) is 5.75 Å². The summed E-state index contributed by atoms with van der Waals surface area (Å²) >= 11 is 0. The van der Waals surface area contributed by atoms with Crippen LogP contribution in [-0.2, 0) is 23.4 Å². The molecule has 0 bridgehead atoms.